The van der Waals surface area contributed by atoms with Crippen LogP contribution in [-0.2, 0) is 9.53 Å². The summed E-state index contributed by atoms with van der Waals surface area (Å²) in [5.41, 5.74) is 0.598. The Morgan fingerprint density at radius 2 is 2.06 bits per heavy atom. The lowest BCUT2D eigenvalue weighted by Crippen LogP contribution is -2.21. The highest BCUT2D eigenvalue weighted by Crippen LogP contribution is 2.31. The highest BCUT2D eigenvalue weighted by Gasteiger charge is 2.43. The van der Waals surface area contributed by atoms with Crippen molar-refractivity contribution in [1.29, 1.82) is 5.26 Å². The largest absolute Gasteiger partial charge is 0.461 e. The SMILES string of the molecule is CC1OC(=O)C(C#N)C1CC(=O)c1ccccc1. The number of cyclic esters (lactones) is 1. The van der Waals surface area contributed by atoms with Gasteiger partial charge in [-0.2, -0.15) is 5.26 Å². The van der Waals surface area contributed by atoms with Gasteiger partial charge >= 0.3 is 5.97 Å². The van der Waals surface area contributed by atoms with Crippen molar-refractivity contribution < 1.29 is 14.3 Å². The van der Waals surface area contributed by atoms with Crippen LogP contribution in [0.5, 0.6) is 0 Å². The molecule has 1 aromatic rings. The minimum absolute atomic E-state index is 0.0639. The smallest absolute Gasteiger partial charge is 0.324 e. The Morgan fingerprint density at radius 1 is 1.39 bits per heavy atom. The van der Waals surface area contributed by atoms with Crippen molar-refractivity contribution in [2.75, 3.05) is 0 Å². The molecule has 1 aliphatic rings. The predicted molar refractivity (Wildman–Crippen MR) is 63.5 cm³/mol. The van der Waals surface area contributed by atoms with Crippen molar-refractivity contribution in [3.05, 3.63) is 35.9 Å². The van der Waals surface area contributed by atoms with Crippen LogP contribution in [-0.4, -0.2) is 17.9 Å². The van der Waals surface area contributed by atoms with E-state index in [0.29, 0.717) is 5.56 Å². The van der Waals surface area contributed by atoms with Gasteiger partial charge in [-0.3, -0.25) is 9.59 Å². The van der Waals surface area contributed by atoms with E-state index < -0.39 is 11.9 Å². The van der Waals surface area contributed by atoms with Crippen LogP contribution < -0.4 is 0 Å². The summed E-state index contributed by atoms with van der Waals surface area (Å²) in [5, 5.41) is 8.95. The topological polar surface area (TPSA) is 67.2 Å². The van der Waals surface area contributed by atoms with Gasteiger partial charge in [-0.25, -0.2) is 0 Å². The van der Waals surface area contributed by atoms with Crippen molar-refractivity contribution >= 4 is 11.8 Å². The van der Waals surface area contributed by atoms with Crippen LogP contribution in [0.25, 0.3) is 0 Å². The zero-order valence-electron chi connectivity index (χ0n) is 10.00. The van der Waals surface area contributed by atoms with E-state index in [1.165, 1.54) is 0 Å². The maximum atomic E-state index is 12.0. The van der Waals surface area contributed by atoms with E-state index >= 15 is 0 Å². The van der Waals surface area contributed by atoms with Crippen molar-refractivity contribution in [3.8, 4) is 6.07 Å². The number of rotatable bonds is 3. The fourth-order valence-electron chi connectivity index (χ4n) is 2.18. The molecule has 0 saturated carbocycles. The van der Waals surface area contributed by atoms with Crippen LogP contribution in [0, 0.1) is 23.2 Å². The molecule has 0 N–H and O–H groups in total. The number of hydrogen-bond donors (Lipinski definition) is 0. The molecule has 3 atom stereocenters. The Morgan fingerprint density at radius 3 is 2.67 bits per heavy atom. The molecule has 0 amide bonds. The number of carbonyl (C=O) groups excluding carboxylic acids is 2. The summed E-state index contributed by atoms with van der Waals surface area (Å²) in [6, 6.07) is 10.8. The van der Waals surface area contributed by atoms with Gasteiger partial charge in [0.1, 0.15) is 6.10 Å². The lowest BCUT2D eigenvalue weighted by atomic mass is 9.86. The molecule has 0 spiro atoms. The second-order valence-corrected chi connectivity index (χ2v) is 4.41. The van der Waals surface area contributed by atoms with E-state index in [4.69, 9.17) is 10.00 Å². The molecule has 3 unspecified atom stereocenters. The number of hydrogen-bond acceptors (Lipinski definition) is 4. The number of carbonyl (C=O) groups is 2. The van der Waals surface area contributed by atoms with Gasteiger partial charge in [0.25, 0.3) is 0 Å². The number of nitrogens with zero attached hydrogens (tertiary/aromatic N) is 1. The molecular formula is C14H13NO3. The third kappa shape index (κ3) is 2.25. The lowest BCUT2D eigenvalue weighted by Gasteiger charge is -2.13. The highest BCUT2D eigenvalue weighted by atomic mass is 16.6. The van der Waals surface area contributed by atoms with E-state index in [0.717, 1.165) is 0 Å². The van der Waals surface area contributed by atoms with Gasteiger partial charge in [-0.1, -0.05) is 30.3 Å². The molecule has 1 heterocycles. The van der Waals surface area contributed by atoms with Crippen LogP contribution in [0.15, 0.2) is 30.3 Å². The normalized spacial score (nSPS) is 26.4. The maximum absolute atomic E-state index is 12.0. The fourth-order valence-corrected chi connectivity index (χ4v) is 2.18. The zero-order chi connectivity index (χ0) is 13.1. The van der Waals surface area contributed by atoms with Gasteiger partial charge in [0, 0.05) is 17.9 Å². The molecule has 0 radical (unpaired) electrons. The molecule has 18 heavy (non-hydrogen) atoms. The van der Waals surface area contributed by atoms with Crippen LogP contribution in [0.4, 0.5) is 0 Å². The highest BCUT2D eigenvalue weighted by molar-refractivity contribution is 5.96. The molecule has 1 aliphatic heterocycles. The third-order valence-electron chi connectivity index (χ3n) is 3.24. The Labute approximate surface area is 105 Å². The van der Waals surface area contributed by atoms with Gasteiger partial charge in [-0.05, 0) is 6.92 Å². The molecule has 4 heteroatoms. The molecule has 0 aliphatic carbocycles. The van der Waals surface area contributed by atoms with Crippen molar-refractivity contribution in [2.45, 2.75) is 19.4 Å². The van der Waals surface area contributed by atoms with Crippen LogP contribution >= 0.6 is 0 Å². The maximum Gasteiger partial charge on any atom is 0.324 e. The Hall–Kier alpha value is -2.15. The average molecular weight is 243 g/mol. The van der Waals surface area contributed by atoms with Gasteiger partial charge in [0.2, 0.25) is 0 Å². The van der Waals surface area contributed by atoms with E-state index in [-0.39, 0.29) is 24.2 Å². The molecule has 1 aromatic carbocycles. The van der Waals surface area contributed by atoms with Gasteiger partial charge in [0.05, 0.1) is 6.07 Å². The van der Waals surface area contributed by atoms with E-state index in [9.17, 15) is 9.59 Å². The third-order valence-corrected chi connectivity index (χ3v) is 3.24. The molecular weight excluding hydrogens is 230 g/mol. The minimum Gasteiger partial charge on any atom is -0.461 e. The monoisotopic (exact) mass is 243 g/mol. The first-order chi connectivity index (χ1) is 8.63. The second kappa shape index (κ2) is 5.01. The molecule has 1 saturated heterocycles. The lowest BCUT2D eigenvalue weighted by molar-refractivity contribution is -0.142. The molecule has 4 nitrogen and oxygen atoms in total. The summed E-state index contributed by atoms with van der Waals surface area (Å²) in [7, 11) is 0. The Balaban J connectivity index is 2.12. The summed E-state index contributed by atoms with van der Waals surface area (Å²) >= 11 is 0. The summed E-state index contributed by atoms with van der Waals surface area (Å²) in [4.78, 5) is 23.4. The van der Waals surface area contributed by atoms with Gasteiger partial charge in [0.15, 0.2) is 11.7 Å². The first kappa shape index (κ1) is 12.3. The van der Waals surface area contributed by atoms with Crippen molar-refractivity contribution in [2.24, 2.45) is 11.8 Å². The first-order valence-corrected chi connectivity index (χ1v) is 5.82. The Bertz CT molecular complexity index is 504. The summed E-state index contributed by atoms with van der Waals surface area (Å²) in [6.45, 7) is 1.72. The van der Waals surface area contributed by atoms with Crippen molar-refractivity contribution in [3.63, 3.8) is 0 Å². The van der Waals surface area contributed by atoms with Gasteiger partial charge in [-0.15, -0.1) is 0 Å². The van der Waals surface area contributed by atoms with E-state index in [1.807, 2.05) is 12.1 Å². The van der Waals surface area contributed by atoms with Crippen LogP contribution in [0.3, 0.4) is 0 Å². The Kier molecular flexibility index (Phi) is 3.42. The summed E-state index contributed by atoms with van der Waals surface area (Å²) < 4.78 is 5.00. The number of esters is 1. The zero-order valence-corrected chi connectivity index (χ0v) is 10.00. The minimum atomic E-state index is -0.826. The first-order valence-electron chi connectivity index (χ1n) is 5.82. The number of benzene rings is 1. The number of ketones is 1. The molecule has 92 valence electrons. The summed E-state index contributed by atoms with van der Waals surface area (Å²) in [6.07, 6.45) is -0.218. The molecule has 1 fully saturated rings. The van der Waals surface area contributed by atoms with Gasteiger partial charge < -0.3 is 4.74 Å². The van der Waals surface area contributed by atoms with Crippen molar-refractivity contribution in [1.82, 2.24) is 0 Å². The van der Waals surface area contributed by atoms with Crippen LogP contribution in [0.2, 0.25) is 0 Å². The molecule has 0 bridgehead atoms. The van der Waals surface area contributed by atoms with E-state index in [2.05, 4.69) is 0 Å². The average Bonchev–Trinajstić information content (AvgIpc) is 2.64. The second-order valence-electron chi connectivity index (χ2n) is 4.41. The number of nitriles is 1. The molecule has 0 aromatic heterocycles. The standard InChI is InChI=1S/C14H13NO3/c1-9-11(12(8-15)14(17)18-9)7-13(16)10-5-3-2-4-6-10/h2-6,9,11-12H,7H2,1H3. The van der Waals surface area contributed by atoms with E-state index in [1.54, 1.807) is 31.2 Å². The quantitative estimate of drug-likeness (QED) is 0.601. The predicted octanol–water partition coefficient (Wildman–Crippen LogP) is 1.96. The molecule has 2 rings (SSSR count). The fraction of sp³-hybridized carbons (Fsp3) is 0.357. The number of ether oxygens (including phenoxy) is 1. The van der Waals surface area contributed by atoms with Crippen LogP contribution in [0.1, 0.15) is 23.7 Å². The number of Topliss-reactive ketones (excluding diaryl/α,β-unsaturated/α-hetero) is 1. The summed E-state index contributed by atoms with van der Waals surface area (Å²) in [5.74, 6) is -1.76.